The summed E-state index contributed by atoms with van der Waals surface area (Å²) in [5.41, 5.74) is 3.02. The highest BCUT2D eigenvalue weighted by atomic mass is 16.3. The number of rotatable bonds is 3. The number of pyridine rings is 1. The number of hydrogen-bond acceptors (Lipinski definition) is 6. The van der Waals surface area contributed by atoms with Crippen LogP contribution in [0.5, 0.6) is 5.75 Å². The molecule has 1 fully saturated rings. The molecule has 2 amide bonds. The largest absolute Gasteiger partial charge is 0.506 e. The number of hydrazine groups is 1. The van der Waals surface area contributed by atoms with Gasteiger partial charge in [0.2, 0.25) is 0 Å². The first-order valence-corrected chi connectivity index (χ1v) is 9.14. The zero-order valence-corrected chi connectivity index (χ0v) is 16.0. The average molecular weight is 405 g/mol. The summed E-state index contributed by atoms with van der Waals surface area (Å²) in [6.07, 6.45) is 0.117. The number of aryl methyl sites for hydroxylation is 1. The summed E-state index contributed by atoms with van der Waals surface area (Å²) in [5.74, 6) is 3.80. The van der Waals surface area contributed by atoms with Gasteiger partial charge in [0.05, 0.1) is 11.1 Å². The Morgan fingerprint density at radius 3 is 2.53 bits per heavy atom. The van der Waals surface area contributed by atoms with Crippen LogP contribution >= 0.6 is 0 Å². The number of fused-ring (bicyclic) bond motifs is 1. The number of nitrogens with one attached hydrogen (secondary N) is 3. The van der Waals surface area contributed by atoms with Crippen LogP contribution in [-0.2, 0) is 9.59 Å². The van der Waals surface area contributed by atoms with Crippen molar-refractivity contribution in [1.82, 2.24) is 15.7 Å². The Balaban J connectivity index is 1.86. The molecule has 0 bridgehead atoms. The summed E-state index contributed by atoms with van der Waals surface area (Å²) in [4.78, 5) is 42.3. The van der Waals surface area contributed by atoms with E-state index in [2.05, 4.69) is 15.7 Å². The predicted molar refractivity (Wildman–Crippen MR) is 112 cm³/mol. The van der Waals surface area contributed by atoms with Gasteiger partial charge < -0.3 is 15.4 Å². The summed E-state index contributed by atoms with van der Waals surface area (Å²) in [6, 6.07) is 13.8. The molecule has 30 heavy (non-hydrogen) atoms. The average Bonchev–Trinajstić information content (AvgIpc) is 2.74. The minimum atomic E-state index is -0.976. The van der Waals surface area contributed by atoms with Crippen molar-refractivity contribution in [3.8, 4) is 5.75 Å². The van der Waals surface area contributed by atoms with Gasteiger partial charge in [-0.3, -0.25) is 25.1 Å². The molecule has 6 N–H and O–H groups in total. The van der Waals surface area contributed by atoms with E-state index in [-0.39, 0.29) is 16.9 Å². The van der Waals surface area contributed by atoms with Crippen molar-refractivity contribution < 1.29 is 14.7 Å². The molecule has 1 unspecified atom stereocenters. The Kier molecular flexibility index (Phi) is 4.82. The third-order valence-electron chi connectivity index (χ3n) is 4.97. The number of aromatic amines is 1. The number of carbonyl (C=O) groups is 2. The van der Waals surface area contributed by atoms with Gasteiger partial charge in [-0.1, -0.05) is 30.3 Å². The first-order valence-electron chi connectivity index (χ1n) is 9.14. The third-order valence-corrected chi connectivity index (χ3v) is 4.97. The lowest BCUT2D eigenvalue weighted by atomic mass is 10.0. The maximum Gasteiger partial charge on any atom is 0.266 e. The fraction of sp³-hybridized carbons (Fsp3) is 0.0952. The van der Waals surface area contributed by atoms with Gasteiger partial charge in [0, 0.05) is 11.1 Å². The number of carbonyl (C=O) groups excluding carboxylic acids is 2. The Bertz CT molecular complexity index is 1250. The van der Waals surface area contributed by atoms with Crippen molar-refractivity contribution in [3.05, 3.63) is 75.6 Å². The van der Waals surface area contributed by atoms with Crippen LogP contribution in [0.3, 0.4) is 0 Å². The molecule has 1 atom stereocenters. The first kappa shape index (κ1) is 19.4. The highest BCUT2D eigenvalue weighted by molar-refractivity contribution is 6.28. The van der Waals surface area contributed by atoms with E-state index in [1.165, 1.54) is 4.90 Å². The minimum absolute atomic E-state index is 0.182. The highest BCUT2D eigenvalue weighted by Crippen LogP contribution is 2.29. The van der Waals surface area contributed by atoms with E-state index in [0.717, 1.165) is 11.6 Å². The number of amides is 2. The summed E-state index contributed by atoms with van der Waals surface area (Å²) >= 11 is 0. The molecule has 1 aliphatic heterocycles. The van der Waals surface area contributed by atoms with Gasteiger partial charge >= 0.3 is 0 Å². The smallest absolute Gasteiger partial charge is 0.266 e. The summed E-state index contributed by atoms with van der Waals surface area (Å²) in [6.45, 7) is 1.80. The van der Waals surface area contributed by atoms with Gasteiger partial charge in [-0.25, -0.2) is 5.43 Å². The molecule has 1 aromatic heterocycles. The number of nitrogens with zero attached hydrogens (tertiary/aromatic N) is 1. The molecular formula is C21H19N5O4. The van der Waals surface area contributed by atoms with Crippen LogP contribution in [-0.4, -0.2) is 28.2 Å². The fourth-order valence-electron chi connectivity index (χ4n) is 3.45. The highest BCUT2D eigenvalue weighted by Gasteiger charge is 2.37. The van der Waals surface area contributed by atoms with Crippen LogP contribution in [0, 0.1) is 6.92 Å². The van der Waals surface area contributed by atoms with Gasteiger partial charge in [0.1, 0.15) is 11.3 Å². The van der Waals surface area contributed by atoms with Crippen LogP contribution in [0.2, 0.25) is 0 Å². The van der Waals surface area contributed by atoms with Crippen LogP contribution in [0.25, 0.3) is 17.0 Å². The molecular weight excluding hydrogens is 386 g/mol. The van der Waals surface area contributed by atoms with Gasteiger partial charge in [-0.05, 0) is 36.8 Å². The van der Waals surface area contributed by atoms with Crippen molar-refractivity contribution in [2.75, 3.05) is 4.90 Å². The molecule has 2 aromatic carbocycles. The predicted octanol–water partition coefficient (Wildman–Crippen LogP) is 0.835. The standard InChI is InChI=1S/C21H19N5O4/c1-11-6-5-9-13-16(11)23-18(28)14(17(13)27)10-15-19(29)24-21(25-22)26(20(15)30)12-7-3-2-4-8-12/h2-10,21,25H,22H2,1H3,(H,24,29)(H2,23,27,28). The second kappa shape index (κ2) is 7.47. The number of aromatic nitrogens is 1. The summed E-state index contributed by atoms with van der Waals surface area (Å²) < 4.78 is 0. The Morgan fingerprint density at radius 1 is 1.10 bits per heavy atom. The second-order valence-corrected chi connectivity index (χ2v) is 6.83. The van der Waals surface area contributed by atoms with Gasteiger partial charge in [0.15, 0.2) is 6.29 Å². The molecule has 0 spiro atoms. The molecule has 0 saturated carbocycles. The molecule has 2 heterocycles. The lowest BCUT2D eigenvalue weighted by Crippen LogP contribution is -2.66. The normalized spacial score (nSPS) is 18.1. The summed E-state index contributed by atoms with van der Waals surface area (Å²) in [5, 5.41) is 13.7. The van der Waals surface area contributed by atoms with E-state index < -0.39 is 23.7 Å². The topological polar surface area (TPSA) is 141 Å². The van der Waals surface area contributed by atoms with E-state index in [1.54, 1.807) is 55.5 Å². The number of para-hydroxylation sites is 2. The maximum absolute atomic E-state index is 13.2. The Hall–Kier alpha value is -3.95. The van der Waals surface area contributed by atoms with Gasteiger partial charge in [0.25, 0.3) is 17.4 Å². The van der Waals surface area contributed by atoms with Crippen molar-refractivity contribution in [2.24, 2.45) is 5.84 Å². The zero-order chi connectivity index (χ0) is 21.4. The molecule has 0 radical (unpaired) electrons. The molecule has 9 nitrogen and oxygen atoms in total. The lowest BCUT2D eigenvalue weighted by molar-refractivity contribution is -0.126. The maximum atomic E-state index is 13.2. The SMILES string of the molecule is Cc1cccc2c(O)c(C=C3C(=O)NC(NN)N(c4ccccc4)C3=O)c(=O)[nH]c12. The molecule has 152 valence electrons. The lowest BCUT2D eigenvalue weighted by Gasteiger charge is -2.36. The van der Waals surface area contributed by atoms with Gasteiger partial charge in [-0.2, -0.15) is 0 Å². The van der Waals surface area contributed by atoms with E-state index in [9.17, 15) is 19.5 Å². The quantitative estimate of drug-likeness (QED) is 0.189. The molecule has 4 rings (SSSR count). The van der Waals surface area contributed by atoms with E-state index in [0.29, 0.717) is 16.6 Å². The van der Waals surface area contributed by atoms with E-state index in [1.807, 2.05) is 0 Å². The Morgan fingerprint density at radius 2 is 1.83 bits per heavy atom. The number of aromatic hydroxyl groups is 1. The van der Waals surface area contributed by atoms with Crippen LogP contribution in [0.4, 0.5) is 5.69 Å². The number of nitrogens with two attached hydrogens (primary N) is 1. The minimum Gasteiger partial charge on any atom is -0.506 e. The summed E-state index contributed by atoms with van der Waals surface area (Å²) in [7, 11) is 0. The van der Waals surface area contributed by atoms with E-state index in [4.69, 9.17) is 5.84 Å². The van der Waals surface area contributed by atoms with Crippen molar-refractivity contribution in [1.29, 1.82) is 0 Å². The van der Waals surface area contributed by atoms with E-state index >= 15 is 0 Å². The van der Waals surface area contributed by atoms with Crippen molar-refractivity contribution in [2.45, 2.75) is 13.2 Å². The van der Waals surface area contributed by atoms with Crippen LogP contribution in [0.1, 0.15) is 11.1 Å². The number of anilines is 1. The zero-order valence-electron chi connectivity index (χ0n) is 16.0. The van der Waals surface area contributed by atoms with Gasteiger partial charge in [-0.15, -0.1) is 0 Å². The second-order valence-electron chi connectivity index (χ2n) is 6.83. The van der Waals surface area contributed by atoms with Crippen molar-refractivity contribution in [3.63, 3.8) is 0 Å². The molecule has 0 aliphatic carbocycles. The Labute approximate surface area is 170 Å². The number of benzene rings is 2. The fourth-order valence-corrected chi connectivity index (χ4v) is 3.45. The number of hydrogen-bond donors (Lipinski definition) is 5. The number of H-pyrrole nitrogens is 1. The molecule has 3 aromatic rings. The van der Waals surface area contributed by atoms with Crippen molar-refractivity contribution >= 4 is 34.5 Å². The monoisotopic (exact) mass is 405 g/mol. The molecule has 1 saturated heterocycles. The third kappa shape index (κ3) is 3.11. The first-order chi connectivity index (χ1) is 14.4. The molecule has 9 heteroatoms. The van der Waals surface area contributed by atoms with Crippen LogP contribution in [0.15, 0.2) is 58.9 Å². The van der Waals surface area contributed by atoms with Crippen LogP contribution < -0.4 is 27.0 Å². The molecule has 1 aliphatic rings.